The highest BCUT2D eigenvalue weighted by Crippen LogP contribution is 2.07. The van der Waals surface area contributed by atoms with Gasteiger partial charge in [-0.05, 0) is 41.5 Å². The van der Waals surface area contributed by atoms with Crippen molar-refractivity contribution in [1.82, 2.24) is 5.32 Å². The van der Waals surface area contributed by atoms with Crippen molar-refractivity contribution in [3.05, 3.63) is 0 Å². The van der Waals surface area contributed by atoms with Gasteiger partial charge in [-0.3, -0.25) is 9.00 Å². The minimum Gasteiger partial charge on any atom is -0.350 e. The third-order valence-electron chi connectivity index (χ3n) is 1.78. The van der Waals surface area contributed by atoms with Gasteiger partial charge in [0.2, 0.25) is 5.91 Å². The predicted octanol–water partition coefficient (Wildman–Crippen LogP) is 0.776. The Kier molecular flexibility index (Phi) is 5.14. The molecule has 0 radical (unpaired) electrons. The second-order valence-corrected chi connectivity index (χ2v) is 7.65. The SMILES string of the molecule is CC(C(=O)NC(C)(C)C)S(=O)CC(C)(C)N. The first-order valence-corrected chi connectivity index (χ1v) is 6.79. The van der Waals surface area contributed by atoms with Crippen LogP contribution in [0.15, 0.2) is 0 Å². The standard InChI is InChI=1S/C11H24N2O2S/c1-8(9(14)13-10(2,3)4)16(15)7-11(5,6)12/h8H,7,12H2,1-6H3,(H,13,14). The molecule has 4 nitrogen and oxygen atoms in total. The van der Waals surface area contributed by atoms with Gasteiger partial charge in [0.15, 0.2) is 0 Å². The van der Waals surface area contributed by atoms with Crippen LogP contribution >= 0.6 is 0 Å². The van der Waals surface area contributed by atoms with Crippen molar-refractivity contribution < 1.29 is 9.00 Å². The number of nitrogens with one attached hydrogen (secondary N) is 1. The molecule has 0 aromatic carbocycles. The molecule has 0 saturated carbocycles. The van der Waals surface area contributed by atoms with Crippen LogP contribution in [0.2, 0.25) is 0 Å². The fourth-order valence-electron chi connectivity index (χ4n) is 1.08. The first-order valence-electron chi connectivity index (χ1n) is 5.40. The van der Waals surface area contributed by atoms with Gasteiger partial charge >= 0.3 is 0 Å². The maximum absolute atomic E-state index is 11.9. The Morgan fingerprint density at radius 3 is 2.06 bits per heavy atom. The molecule has 0 rings (SSSR count). The molecule has 0 aliphatic heterocycles. The number of hydrogen-bond donors (Lipinski definition) is 2. The summed E-state index contributed by atoms with van der Waals surface area (Å²) in [7, 11) is -1.24. The summed E-state index contributed by atoms with van der Waals surface area (Å²) in [6.45, 7) is 11.0. The van der Waals surface area contributed by atoms with Gasteiger partial charge in [0.1, 0.15) is 5.25 Å². The Hall–Kier alpha value is -0.420. The maximum Gasteiger partial charge on any atom is 0.235 e. The molecule has 0 heterocycles. The lowest BCUT2D eigenvalue weighted by Crippen LogP contribution is -2.48. The monoisotopic (exact) mass is 248 g/mol. The van der Waals surface area contributed by atoms with E-state index in [0.717, 1.165) is 0 Å². The summed E-state index contributed by atoms with van der Waals surface area (Å²) in [5.74, 6) is 0.140. The second kappa shape index (κ2) is 5.27. The van der Waals surface area contributed by atoms with Gasteiger partial charge in [0.25, 0.3) is 0 Å². The summed E-state index contributed by atoms with van der Waals surface area (Å²) in [4.78, 5) is 11.7. The molecule has 0 aliphatic carbocycles. The first-order chi connectivity index (χ1) is 6.92. The molecular weight excluding hydrogens is 224 g/mol. The van der Waals surface area contributed by atoms with Crippen LogP contribution in [0, 0.1) is 0 Å². The Bertz CT molecular complexity index is 249. The van der Waals surface area contributed by atoms with Crippen LogP contribution in [0.25, 0.3) is 0 Å². The van der Waals surface area contributed by atoms with Crippen LogP contribution in [0.3, 0.4) is 0 Å². The molecule has 3 N–H and O–H groups in total. The van der Waals surface area contributed by atoms with Crippen LogP contribution in [0.4, 0.5) is 0 Å². The summed E-state index contributed by atoms with van der Waals surface area (Å²) in [5.41, 5.74) is 4.97. The van der Waals surface area contributed by atoms with Crippen molar-refractivity contribution in [3.63, 3.8) is 0 Å². The Labute approximate surface area is 101 Å². The number of carbonyl (C=O) groups is 1. The number of amides is 1. The first kappa shape index (κ1) is 15.6. The lowest BCUT2D eigenvalue weighted by atomic mass is 10.1. The third-order valence-corrected chi connectivity index (χ3v) is 3.81. The van der Waals surface area contributed by atoms with E-state index in [1.165, 1.54) is 0 Å². The Morgan fingerprint density at radius 2 is 1.75 bits per heavy atom. The molecule has 0 fully saturated rings. The zero-order chi connectivity index (χ0) is 13.1. The van der Waals surface area contributed by atoms with Crippen LogP contribution in [0.5, 0.6) is 0 Å². The lowest BCUT2D eigenvalue weighted by molar-refractivity contribution is -0.121. The lowest BCUT2D eigenvalue weighted by Gasteiger charge is -2.25. The summed E-state index contributed by atoms with van der Waals surface area (Å²) < 4.78 is 11.9. The molecule has 1 amide bonds. The van der Waals surface area contributed by atoms with Crippen LogP contribution in [-0.2, 0) is 15.6 Å². The van der Waals surface area contributed by atoms with Gasteiger partial charge in [-0.2, -0.15) is 0 Å². The average Bonchev–Trinajstić information content (AvgIpc) is 1.96. The molecule has 96 valence electrons. The number of hydrogen-bond acceptors (Lipinski definition) is 3. The van der Waals surface area contributed by atoms with Crippen LogP contribution in [0.1, 0.15) is 41.5 Å². The molecule has 5 heteroatoms. The van der Waals surface area contributed by atoms with E-state index in [2.05, 4.69) is 5.32 Å². The molecule has 0 aliphatic rings. The van der Waals surface area contributed by atoms with E-state index in [4.69, 9.17) is 5.73 Å². The molecule has 0 spiro atoms. The topological polar surface area (TPSA) is 72.2 Å². The van der Waals surface area contributed by atoms with Crippen LogP contribution < -0.4 is 11.1 Å². The smallest absolute Gasteiger partial charge is 0.235 e. The maximum atomic E-state index is 11.9. The summed E-state index contributed by atoms with van der Waals surface area (Å²) in [6.07, 6.45) is 0. The van der Waals surface area contributed by atoms with E-state index in [9.17, 15) is 9.00 Å². The molecule has 0 bridgehead atoms. The largest absolute Gasteiger partial charge is 0.350 e. The Morgan fingerprint density at radius 1 is 1.31 bits per heavy atom. The summed E-state index contributed by atoms with van der Waals surface area (Å²) >= 11 is 0. The van der Waals surface area contributed by atoms with Crippen molar-refractivity contribution in [2.24, 2.45) is 5.73 Å². The number of carbonyl (C=O) groups excluding carboxylic acids is 1. The van der Waals surface area contributed by atoms with E-state index >= 15 is 0 Å². The van der Waals surface area contributed by atoms with Crippen molar-refractivity contribution in [2.75, 3.05) is 5.75 Å². The molecule has 16 heavy (non-hydrogen) atoms. The van der Waals surface area contributed by atoms with Crippen molar-refractivity contribution >= 4 is 16.7 Å². The second-order valence-electron chi connectivity index (χ2n) is 5.90. The van der Waals surface area contributed by atoms with Crippen molar-refractivity contribution in [1.29, 1.82) is 0 Å². The summed E-state index contributed by atoms with van der Waals surface area (Å²) in [6, 6.07) is 0. The highest BCUT2D eigenvalue weighted by molar-refractivity contribution is 7.86. The molecule has 2 unspecified atom stereocenters. The van der Waals surface area contributed by atoms with E-state index in [-0.39, 0.29) is 11.4 Å². The fraction of sp³-hybridized carbons (Fsp3) is 0.909. The highest BCUT2D eigenvalue weighted by atomic mass is 32.2. The normalized spacial score (nSPS) is 16.7. The highest BCUT2D eigenvalue weighted by Gasteiger charge is 2.26. The molecule has 0 aromatic rings. The van der Waals surface area contributed by atoms with Gasteiger partial charge in [0.05, 0.1) is 0 Å². The van der Waals surface area contributed by atoms with Gasteiger partial charge < -0.3 is 11.1 Å². The minimum atomic E-state index is -1.24. The number of nitrogens with two attached hydrogens (primary N) is 1. The van der Waals surface area contributed by atoms with Gasteiger partial charge in [-0.15, -0.1) is 0 Å². The van der Waals surface area contributed by atoms with Crippen molar-refractivity contribution in [2.45, 2.75) is 57.9 Å². The zero-order valence-electron chi connectivity index (χ0n) is 11.1. The third kappa shape index (κ3) is 6.95. The molecule has 0 saturated heterocycles. The van der Waals surface area contributed by atoms with Crippen LogP contribution in [-0.4, -0.2) is 32.2 Å². The molecule has 2 atom stereocenters. The molecular formula is C11H24N2O2S. The average molecular weight is 248 g/mol. The van der Waals surface area contributed by atoms with Crippen molar-refractivity contribution in [3.8, 4) is 0 Å². The van der Waals surface area contributed by atoms with Gasteiger partial charge in [0, 0.05) is 27.6 Å². The predicted molar refractivity (Wildman–Crippen MR) is 68.6 cm³/mol. The van der Waals surface area contributed by atoms with Gasteiger partial charge in [-0.25, -0.2) is 0 Å². The fourth-order valence-corrected chi connectivity index (χ4v) is 2.36. The van der Waals surface area contributed by atoms with E-state index in [1.807, 2.05) is 20.8 Å². The van der Waals surface area contributed by atoms with E-state index in [0.29, 0.717) is 5.75 Å². The molecule has 0 aromatic heterocycles. The van der Waals surface area contributed by atoms with E-state index in [1.54, 1.807) is 20.8 Å². The summed E-state index contributed by atoms with van der Waals surface area (Å²) in [5, 5.41) is 2.29. The van der Waals surface area contributed by atoms with Gasteiger partial charge in [-0.1, -0.05) is 0 Å². The number of rotatable bonds is 4. The van der Waals surface area contributed by atoms with E-state index < -0.39 is 21.6 Å². The quantitative estimate of drug-likeness (QED) is 0.772. The zero-order valence-corrected chi connectivity index (χ0v) is 11.9. The Balaban J connectivity index is 4.40. The minimum absolute atomic E-state index is 0.185.